The van der Waals surface area contributed by atoms with Crippen LogP contribution in [0, 0.1) is 0 Å². The van der Waals surface area contributed by atoms with E-state index in [0.717, 1.165) is 59.3 Å². The first kappa shape index (κ1) is 23.9. The van der Waals surface area contributed by atoms with E-state index in [9.17, 15) is 9.59 Å². The number of carbonyl (C=O) groups excluding carboxylic acids is 1. The molecule has 33 heavy (non-hydrogen) atoms. The van der Waals surface area contributed by atoms with Crippen LogP contribution in [-0.4, -0.2) is 37.0 Å². The molecule has 4 nitrogen and oxygen atoms in total. The van der Waals surface area contributed by atoms with E-state index < -0.39 is 8.32 Å². The predicted octanol–water partition coefficient (Wildman–Crippen LogP) is 4.42. The molecule has 1 fully saturated rings. The summed E-state index contributed by atoms with van der Waals surface area (Å²) in [5.41, 5.74) is 9.58. The fraction of sp³-hybridized carbons (Fsp3) is 0.370. The van der Waals surface area contributed by atoms with Crippen molar-refractivity contribution in [3.63, 3.8) is 0 Å². The minimum absolute atomic E-state index is 0.111. The van der Waals surface area contributed by atoms with Crippen LogP contribution in [0.2, 0.25) is 13.1 Å². The molecule has 0 atom stereocenters. The molecule has 174 valence electrons. The highest BCUT2D eigenvalue weighted by molar-refractivity contribution is 7.16. The number of benzene rings is 2. The van der Waals surface area contributed by atoms with E-state index in [1.165, 1.54) is 11.1 Å². The Morgan fingerprint density at radius 2 is 1.73 bits per heavy atom. The lowest BCUT2D eigenvalue weighted by molar-refractivity contribution is 0.0718. The second-order valence-corrected chi connectivity index (χ2v) is 14.3. The van der Waals surface area contributed by atoms with E-state index in [4.69, 9.17) is 5.73 Å². The van der Waals surface area contributed by atoms with Gasteiger partial charge in [0.15, 0.2) is 0 Å². The highest BCUT2D eigenvalue weighted by Gasteiger charge is 2.30. The van der Waals surface area contributed by atoms with Crippen LogP contribution in [0.1, 0.15) is 50.0 Å². The highest BCUT2D eigenvalue weighted by atomic mass is 32.1. The molecule has 0 spiro atoms. The SMILES string of the molecule is C[Si](C)(O)c1cc(C(=O)N2CCC(c3cccc(CN)c3)CC2)sc1CCc1ccccc1. The first-order valence-corrected chi connectivity index (χ1v) is 15.6. The van der Waals surface area contributed by atoms with Gasteiger partial charge in [0, 0.05) is 24.5 Å². The average molecular weight is 479 g/mol. The number of carbonyl (C=O) groups is 1. The summed E-state index contributed by atoms with van der Waals surface area (Å²) in [4.78, 5) is 28.2. The van der Waals surface area contributed by atoms with Gasteiger partial charge in [-0.05, 0) is 72.6 Å². The summed E-state index contributed by atoms with van der Waals surface area (Å²) in [6.45, 7) is 5.97. The number of piperidine rings is 1. The molecule has 2 aromatic carbocycles. The van der Waals surface area contributed by atoms with Crippen molar-refractivity contribution in [2.75, 3.05) is 13.1 Å². The number of nitrogens with two attached hydrogens (primary N) is 1. The number of likely N-dealkylation sites (tertiary alicyclic amines) is 1. The van der Waals surface area contributed by atoms with Gasteiger partial charge in [0.25, 0.3) is 5.91 Å². The maximum Gasteiger partial charge on any atom is 0.263 e. The normalized spacial score (nSPS) is 15.1. The van der Waals surface area contributed by atoms with Crippen molar-refractivity contribution in [1.29, 1.82) is 0 Å². The quantitative estimate of drug-likeness (QED) is 0.494. The first-order chi connectivity index (χ1) is 15.8. The van der Waals surface area contributed by atoms with Gasteiger partial charge in [-0.2, -0.15) is 0 Å². The third-order valence-electron chi connectivity index (χ3n) is 6.60. The van der Waals surface area contributed by atoms with Gasteiger partial charge in [-0.15, -0.1) is 11.3 Å². The predicted molar refractivity (Wildman–Crippen MR) is 140 cm³/mol. The van der Waals surface area contributed by atoms with Crippen LogP contribution in [-0.2, 0) is 19.4 Å². The van der Waals surface area contributed by atoms with Gasteiger partial charge in [-0.1, -0.05) is 54.6 Å². The Morgan fingerprint density at radius 1 is 1.03 bits per heavy atom. The number of nitrogens with zero attached hydrogens (tertiary/aromatic N) is 1. The Hall–Kier alpha value is -2.25. The van der Waals surface area contributed by atoms with E-state index in [-0.39, 0.29) is 5.91 Å². The van der Waals surface area contributed by atoms with Crippen LogP contribution in [0.3, 0.4) is 0 Å². The molecule has 6 heteroatoms. The molecule has 0 aliphatic carbocycles. The molecular formula is C27H34N2O2SSi. The number of hydrogen-bond donors (Lipinski definition) is 2. The lowest BCUT2D eigenvalue weighted by atomic mass is 9.88. The smallest absolute Gasteiger partial charge is 0.263 e. The third kappa shape index (κ3) is 5.82. The Balaban J connectivity index is 1.45. The number of amides is 1. The van der Waals surface area contributed by atoms with Crippen molar-refractivity contribution in [2.24, 2.45) is 5.73 Å². The molecule has 1 amide bonds. The van der Waals surface area contributed by atoms with Gasteiger partial charge >= 0.3 is 0 Å². The topological polar surface area (TPSA) is 66.6 Å². The lowest BCUT2D eigenvalue weighted by Gasteiger charge is -2.32. The molecular weight excluding hydrogens is 444 g/mol. The number of aryl methyl sites for hydroxylation is 2. The Bertz CT molecular complexity index is 1080. The number of rotatable bonds is 7. The van der Waals surface area contributed by atoms with E-state index >= 15 is 0 Å². The molecule has 3 aromatic rings. The fourth-order valence-corrected chi connectivity index (χ4v) is 8.03. The van der Waals surface area contributed by atoms with Gasteiger partial charge < -0.3 is 15.4 Å². The largest absolute Gasteiger partial charge is 0.428 e. The molecule has 0 radical (unpaired) electrons. The second-order valence-electron chi connectivity index (χ2n) is 9.51. The lowest BCUT2D eigenvalue weighted by Crippen LogP contribution is -2.42. The Labute approximate surface area is 202 Å². The van der Waals surface area contributed by atoms with Crippen LogP contribution in [0.4, 0.5) is 0 Å². The van der Waals surface area contributed by atoms with Crippen LogP contribution in [0.5, 0.6) is 0 Å². The maximum absolute atomic E-state index is 13.4. The van der Waals surface area contributed by atoms with E-state index in [1.807, 2.05) is 30.1 Å². The van der Waals surface area contributed by atoms with Crippen LogP contribution >= 0.6 is 11.3 Å². The molecule has 1 saturated heterocycles. The number of hydrogen-bond acceptors (Lipinski definition) is 4. The first-order valence-electron chi connectivity index (χ1n) is 11.8. The van der Waals surface area contributed by atoms with Crippen LogP contribution < -0.4 is 10.9 Å². The zero-order valence-electron chi connectivity index (χ0n) is 19.6. The Morgan fingerprint density at radius 3 is 2.39 bits per heavy atom. The van der Waals surface area contributed by atoms with Gasteiger partial charge in [0.1, 0.15) is 0 Å². The summed E-state index contributed by atoms with van der Waals surface area (Å²) in [7, 11) is -2.53. The Kier molecular flexibility index (Phi) is 7.49. The van der Waals surface area contributed by atoms with Crippen LogP contribution in [0.15, 0.2) is 60.7 Å². The third-order valence-corrected chi connectivity index (χ3v) is 9.73. The summed E-state index contributed by atoms with van der Waals surface area (Å²) in [6.07, 6.45) is 3.71. The highest BCUT2D eigenvalue weighted by Crippen LogP contribution is 2.30. The molecule has 0 bridgehead atoms. The molecule has 1 aromatic heterocycles. The molecule has 0 saturated carbocycles. The summed E-state index contributed by atoms with van der Waals surface area (Å²) in [6, 6.07) is 20.9. The molecule has 4 rings (SSSR count). The van der Waals surface area contributed by atoms with Gasteiger partial charge in [-0.25, -0.2) is 0 Å². The van der Waals surface area contributed by atoms with Crippen molar-refractivity contribution < 1.29 is 9.59 Å². The summed E-state index contributed by atoms with van der Waals surface area (Å²) >= 11 is 1.58. The minimum atomic E-state index is -2.53. The summed E-state index contributed by atoms with van der Waals surface area (Å²) in [5, 5.41) is 1.01. The molecule has 3 N–H and O–H groups in total. The van der Waals surface area contributed by atoms with E-state index in [0.29, 0.717) is 12.5 Å². The summed E-state index contributed by atoms with van der Waals surface area (Å²) in [5.74, 6) is 0.587. The summed E-state index contributed by atoms with van der Waals surface area (Å²) < 4.78 is 0. The van der Waals surface area contributed by atoms with E-state index in [2.05, 4.69) is 48.5 Å². The molecule has 1 aliphatic rings. The second kappa shape index (κ2) is 10.3. The van der Waals surface area contributed by atoms with Crippen LogP contribution in [0.25, 0.3) is 0 Å². The minimum Gasteiger partial charge on any atom is -0.428 e. The monoisotopic (exact) mass is 478 g/mol. The van der Waals surface area contributed by atoms with Crippen molar-refractivity contribution >= 4 is 30.7 Å². The standard InChI is InChI=1S/C27H34N2O2SSi/c1-33(2,31)26-18-25(32-24(26)12-11-20-7-4-3-5-8-20)27(30)29-15-13-22(14-16-29)23-10-6-9-21(17-23)19-28/h3-10,17-18,22,31H,11-16,19,28H2,1-2H3. The van der Waals surface area contributed by atoms with E-state index in [1.54, 1.807) is 11.3 Å². The van der Waals surface area contributed by atoms with Crippen molar-refractivity contribution in [3.05, 3.63) is 87.1 Å². The van der Waals surface area contributed by atoms with Gasteiger partial charge in [0.05, 0.1) is 4.88 Å². The number of thiophene rings is 1. The fourth-order valence-electron chi connectivity index (χ4n) is 4.69. The van der Waals surface area contributed by atoms with Gasteiger partial charge in [-0.3, -0.25) is 4.79 Å². The maximum atomic E-state index is 13.4. The average Bonchev–Trinajstić information content (AvgIpc) is 3.28. The van der Waals surface area contributed by atoms with Gasteiger partial charge in [0.2, 0.25) is 8.32 Å². The van der Waals surface area contributed by atoms with Crippen molar-refractivity contribution in [3.8, 4) is 0 Å². The molecule has 2 heterocycles. The van der Waals surface area contributed by atoms with Crippen molar-refractivity contribution in [2.45, 2.75) is 51.2 Å². The zero-order valence-corrected chi connectivity index (χ0v) is 21.4. The van der Waals surface area contributed by atoms with Crippen molar-refractivity contribution in [1.82, 2.24) is 4.90 Å². The molecule has 0 unspecified atom stereocenters. The molecule has 1 aliphatic heterocycles. The zero-order chi connectivity index (χ0) is 23.4.